The molecule has 2 rings (SSSR count). The van der Waals surface area contributed by atoms with E-state index in [4.69, 9.17) is 0 Å². The lowest BCUT2D eigenvalue weighted by Gasteiger charge is -2.05. The van der Waals surface area contributed by atoms with Crippen LogP contribution in [0.15, 0.2) is 17.1 Å². The van der Waals surface area contributed by atoms with Crippen molar-refractivity contribution in [3.8, 4) is 11.4 Å². The van der Waals surface area contributed by atoms with Crippen LogP contribution >= 0.6 is 0 Å². The SMILES string of the molecule is CCCc1nc(-c2cnnn2CCC)cc(=O)[nH]1. The Morgan fingerprint density at radius 3 is 2.89 bits per heavy atom. The topological polar surface area (TPSA) is 76.5 Å². The minimum absolute atomic E-state index is 0.132. The first kappa shape index (κ1) is 12.5. The van der Waals surface area contributed by atoms with Crippen molar-refractivity contribution in [2.75, 3.05) is 0 Å². The van der Waals surface area contributed by atoms with Gasteiger partial charge in [-0.15, -0.1) is 5.10 Å². The van der Waals surface area contributed by atoms with Crippen molar-refractivity contribution in [1.82, 2.24) is 25.0 Å². The molecule has 0 spiro atoms. The summed E-state index contributed by atoms with van der Waals surface area (Å²) in [6.45, 7) is 4.89. The van der Waals surface area contributed by atoms with Crippen LogP contribution in [0.2, 0.25) is 0 Å². The van der Waals surface area contributed by atoms with Crippen LogP contribution in [-0.2, 0) is 13.0 Å². The second-order valence-electron chi connectivity index (χ2n) is 4.17. The van der Waals surface area contributed by atoms with Gasteiger partial charge in [0, 0.05) is 19.0 Å². The fourth-order valence-corrected chi connectivity index (χ4v) is 1.83. The van der Waals surface area contributed by atoms with Gasteiger partial charge < -0.3 is 4.98 Å². The van der Waals surface area contributed by atoms with Crippen molar-refractivity contribution in [3.63, 3.8) is 0 Å². The Kier molecular flexibility index (Phi) is 3.86. The van der Waals surface area contributed by atoms with E-state index < -0.39 is 0 Å². The smallest absolute Gasteiger partial charge is 0.251 e. The molecular weight excluding hydrogens is 230 g/mol. The lowest BCUT2D eigenvalue weighted by Crippen LogP contribution is -2.12. The van der Waals surface area contributed by atoms with Crippen molar-refractivity contribution in [3.05, 3.63) is 28.4 Å². The van der Waals surface area contributed by atoms with E-state index in [9.17, 15) is 4.79 Å². The van der Waals surface area contributed by atoms with E-state index in [1.54, 1.807) is 10.9 Å². The molecule has 2 aromatic heterocycles. The Labute approximate surface area is 105 Å². The van der Waals surface area contributed by atoms with Crippen LogP contribution in [0.25, 0.3) is 11.4 Å². The summed E-state index contributed by atoms with van der Waals surface area (Å²) in [5, 5.41) is 7.89. The zero-order chi connectivity index (χ0) is 13.0. The van der Waals surface area contributed by atoms with Crippen LogP contribution in [0, 0.1) is 0 Å². The Hall–Kier alpha value is -1.98. The predicted molar refractivity (Wildman–Crippen MR) is 68.2 cm³/mol. The Morgan fingerprint density at radius 2 is 2.17 bits per heavy atom. The zero-order valence-corrected chi connectivity index (χ0v) is 10.7. The maximum Gasteiger partial charge on any atom is 0.251 e. The van der Waals surface area contributed by atoms with Gasteiger partial charge >= 0.3 is 0 Å². The maximum absolute atomic E-state index is 11.6. The standard InChI is InChI=1S/C12H17N5O/c1-3-5-11-14-9(7-12(18)15-11)10-8-13-16-17(10)6-4-2/h7-8H,3-6H2,1-2H3,(H,14,15,18). The number of nitrogens with zero attached hydrogens (tertiary/aromatic N) is 4. The summed E-state index contributed by atoms with van der Waals surface area (Å²) in [5.41, 5.74) is 1.30. The molecule has 0 saturated carbocycles. The highest BCUT2D eigenvalue weighted by Gasteiger charge is 2.09. The third kappa shape index (κ3) is 2.64. The average molecular weight is 247 g/mol. The first-order valence-corrected chi connectivity index (χ1v) is 6.23. The molecule has 0 fully saturated rings. The quantitative estimate of drug-likeness (QED) is 0.866. The van der Waals surface area contributed by atoms with Crippen LogP contribution in [0.3, 0.4) is 0 Å². The monoisotopic (exact) mass is 247 g/mol. The molecular formula is C12H17N5O. The minimum atomic E-state index is -0.132. The van der Waals surface area contributed by atoms with Crippen LogP contribution in [0.4, 0.5) is 0 Å². The summed E-state index contributed by atoms with van der Waals surface area (Å²) in [7, 11) is 0. The molecule has 6 heteroatoms. The van der Waals surface area contributed by atoms with Crippen molar-refractivity contribution in [1.29, 1.82) is 0 Å². The summed E-state index contributed by atoms with van der Waals surface area (Å²) < 4.78 is 1.78. The van der Waals surface area contributed by atoms with Crippen LogP contribution in [0.1, 0.15) is 32.5 Å². The highest BCUT2D eigenvalue weighted by molar-refractivity contribution is 5.52. The Bertz CT molecular complexity index is 572. The van der Waals surface area contributed by atoms with Gasteiger partial charge in [0.05, 0.1) is 11.9 Å². The van der Waals surface area contributed by atoms with Crippen molar-refractivity contribution < 1.29 is 0 Å². The van der Waals surface area contributed by atoms with Crippen molar-refractivity contribution >= 4 is 0 Å². The molecule has 0 radical (unpaired) electrons. The second kappa shape index (κ2) is 5.57. The Balaban J connectivity index is 2.43. The summed E-state index contributed by atoms with van der Waals surface area (Å²) >= 11 is 0. The fraction of sp³-hybridized carbons (Fsp3) is 0.500. The molecule has 0 saturated heterocycles. The van der Waals surface area contributed by atoms with Crippen molar-refractivity contribution in [2.24, 2.45) is 0 Å². The van der Waals surface area contributed by atoms with Gasteiger partial charge in [0.1, 0.15) is 11.5 Å². The molecule has 6 nitrogen and oxygen atoms in total. The number of nitrogens with one attached hydrogen (secondary N) is 1. The molecule has 0 unspecified atom stereocenters. The lowest BCUT2D eigenvalue weighted by atomic mass is 10.2. The van der Waals surface area contributed by atoms with Gasteiger partial charge in [-0.3, -0.25) is 4.79 Å². The molecule has 0 atom stereocenters. The first-order chi connectivity index (χ1) is 8.74. The largest absolute Gasteiger partial charge is 0.311 e. The number of H-pyrrole nitrogens is 1. The number of aromatic nitrogens is 5. The highest BCUT2D eigenvalue weighted by atomic mass is 16.1. The van der Waals surface area contributed by atoms with Gasteiger partial charge in [0.25, 0.3) is 5.56 Å². The van der Waals surface area contributed by atoms with Crippen molar-refractivity contribution in [2.45, 2.75) is 39.7 Å². The molecule has 0 aliphatic rings. The van der Waals surface area contributed by atoms with Gasteiger partial charge in [-0.05, 0) is 12.8 Å². The molecule has 96 valence electrons. The van der Waals surface area contributed by atoms with Crippen LogP contribution in [0.5, 0.6) is 0 Å². The number of hydrogen-bond acceptors (Lipinski definition) is 4. The summed E-state index contributed by atoms with van der Waals surface area (Å²) in [4.78, 5) is 18.8. The lowest BCUT2D eigenvalue weighted by molar-refractivity contribution is 0.583. The molecule has 2 aromatic rings. The molecule has 0 aromatic carbocycles. The highest BCUT2D eigenvalue weighted by Crippen LogP contribution is 2.14. The second-order valence-corrected chi connectivity index (χ2v) is 4.17. The molecule has 0 bridgehead atoms. The normalized spacial score (nSPS) is 10.8. The molecule has 0 aliphatic carbocycles. The van der Waals surface area contributed by atoms with Gasteiger partial charge in [0.2, 0.25) is 0 Å². The number of aryl methyl sites for hydroxylation is 2. The van der Waals surface area contributed by atoms with E-state index in [2.05, 4.69) is 34.1 Å². The van der Waals surface area contributed by atoms with E-state index >= 15 is 0 Å². The molecule has 18 heavy (non-hydrogen) atoms. The molecule has 2 heterocycles. The summed E-state index contributed by atoms with van der Waals surface area (Å²) in [5.74, 6) is 0.712. The third-order valence-corrected chi connectivity index (χ3v) is 2.59. The molecule has 0 aliphatic heterocycles. The summed E-state index contributed by atoms with van der Waals surface area (Å²) in [6, 6.07) is 1.49. The number of aromatic amines is 1. The van der Waals surface area contributed by atoms with E-state index in [0.29, 0.717) is 11.5 Å². The van der Waals surface area contributed by atoms with E-state index in [0.717, 1.165) is 31.5 Å². The molecule has 0 amide bonds. The van der Waals surface area contributed by atoms with Gasteiger partial charge in [-0.1, -0.05) is 19.1 Å². The van der Waals surface area contributed by atoms with Crippen LogP contribution in [-0.4, -0.2) is 25.0 Å². The van der Waals surface area contributed by atoms with Gasteiger partial charge in [-0.2, -0.15) is 0 Å². The minimum Gasteiger partial charge on any atom is -0.311 e. The van der Waals surface area contributed by atoms with Crippen LogP contribution < -0.4 is 5.56 Å². The zero-order valence-electron chi connectivity index (χ0n) is 10.7. The van der Waals surface area contributed by atoms with E-state index in [-0.39, 0.29) is 5.56 Å². The predicted octanol–water partition coefficient (Wildman–Crippen LogP) is 1.39. The molecule has 1 N–H and O–H groups in total. The van der Waals surface area contributed by atoms with Gasteiger partial charge in [0.15, 0.2) is 0 Å². The van der Waals surface area contributed by atoms with Gasteiger partial charge in [-0.25, -0.2) is 9.67 Å². The van der Waals surface area contributed by atoms with E-state index in [1.807, 2.05) is 0 Å². The number of hydrogen-bond donors (Lipinski definition) is 1. The number of rotatable bonds is 5. The maximum atomic E-state index is 11.6. The Morgan fingerprint density at radius 1 is 1.33 bits per heavy atom. The summed E-state index contributed by atoms with van der Waals surface area (Å²) in [6.07, 6.45) is 4.31. The fourth-order valence-electron chi connectivity index (χ4n) is 1.83. The first-order valence-electron chi connectivity index (χ1n) is 6.23. The van der Waals surface area contributed by atoms with E-state index in [1.165, 1.54) is 6.07 Å². The average Bonchev–Trinajstić information content (AvgIpc) is 2.77. The third-order valence-electron chi connectivity index (χ3n) is 2.59.